The molecule has 1 heterocycles. The molecule has 0 N–H and O–H groups in total. The Balaban J connectivity index is 1.41. The summed E-state index contributed by atoms with van der Waals surface area (Å²) in [5.74, 6) is -1.33. The van der Waals surface area contributed by atoms with Gasteiger partial charge >= 0.3 is 11.9 Å². The molecule has 0 aliphatic rings. The van der Waals surface area contributed by atoms with Gasteiger partial charge in [0.05, 0.1) is 36.6 Å². The van der Waals surface area contributed by atoms with E-state index in [9.17, 15) is 24.5 Å². The van der Waals surface area contributed by atoms with Crippen molar-refractivity contribution in [3.63, 3.8) is 0 Å². The molecule has 3 rings (SSSR count). The highest BCUT2D eigenvalue weighted by Crippen LogP contribution is 2.17. The number of ether oxygens (including phenoxy) is 3. The number of nitrogens with zero attached hydrogens (tertiary/aromatic N) is 3. The van der Waals surface area contributed by atoms with Gasteiger partial charge in [-0.3, -0.25) is 14.9 Å². The average Bonchev–Trinajstić information content (AvgIpc) is 3.41. The second-order valence-corrected chi connectivity index (χ2v) is 7.77. The number of carbonyl (C=O) groups excluding carboxylic acids is 3. The zero-order chi connectivity index (χ0) is 26.6. The van der Waals surface area contributed by atoms with Gasteiger partial charge in [-0.2, -0.15) is 0 Å². The molecule has 0 aliphatic heterocycles. The van der Waals surface area contributed by atoms with E-state index in [0.717, 1.165) is 0 Å². The number of esters is 2. The van der Waals surface area contributed by atoms with Crippen molar-refractivity contribution in [3.05, 3.63) is 94.1 Å². The number of nitro groups is 1. The third-order valence-electron chi connectivity index (χ3n) is 5.01. The Hall–Kier alpha value is -4.80. The fraction of sp³-hybridized carbons (Fsp3) is 0.231. The molecule has 0 saturated carbocycles. The zero-order valence-electron chi connectivity index (χ0n) is 20.1. The van der Waals surface area contributed by atoms with Crippen molar-refractivity contribution in [2.24, 2.45) is 0 Å². The molecule has 0 fully saturated rings. The molecule has 37 heavy (non-hydrogen) atoms. The van der Waals surface area contributed by atoms with Crippen molar-refractivity contribution >= 4 is 29.5 Å². The van der Waals surface area contributed by atoms with Crippen LogP contribution in [0, 0.1) is 10.1 Å². The number of non-ortho nitro benzene ring substituents is 1. The summed E-state index contributed by atoms with van der Waals surface area (Å²) in [6, 6.07) is 12.0. The maximum Gasteiger partial charge on any atom is 0.341 e. The number of hydrogen-bond acceptors (Lipinski definition) is 9. The maximum absolute atomic E-state index is 12.3. The van der Waals surface area contributed by atoms with Crippen LogP contribution in [-0.2, 0) is 25.6 Å². The van der Waals surface area contributed by atoms with Crippen molar-refractivity contribution < 1.29 is 33.5 Å². The summed E-state index contributed by atoms with van der Waals surface area (Å²) in [6.07, 6.45) is 6.68. The molecular formula is C26H25N3O8. The highest BCUT2D eigenvalue weighted by atomic mass is 16.6. The molecule has 0 amide bonds. The van der Waals surface area contributed by atoms with E-state index in [1.807, 2.05) is 10.8 Å². The molecule has 1 aromatic heterocycles. The predicted octanol–water partition coefficient (Wildman–Crippen LogP) is 3.63. The fourth-order valence-electron chi connectivity index (χ4n) is 3.12. The molecule has 0 aliphatic carbocycles. The van der Waals surface area contributed by atoms with Gasteiger partial charge < -0.3 is 18.8 Å². The summed E-state index contributed by atoms with van der Waals surface area (Å²) in [4.78, 5) is 50.7. The Morgan fingerprint density at radius 3 is 2.49 bits per heavy atom. The van der Waals surface area contributed by atoms with Crippen LogP contribution in [0.4, 0.5) is 5.69 Å². The quantitative estimate of drug-likeness (QED) is 0.0645. The monoisotopic (exact) mass is 507 g/mol. The van der Waals surface area contributed by atoms with E-state index in [1.54, 1.807) is 36.8 Å². The molecule has 0 atom stereocenters. The molecular weight excluding hydrogens is 482 g/mol. The van der Waals surface area contributed by atoms with Crippen LogP contribution in [0.3, 0.4) is 0 Å². The van der Waals surface area contributed by atoms with Gasteiger partial charge in [0.15, 0.2) is 5.78 Å². The topological polar surface area (TPSA) is 140 Å². The van der Waals surface area contributed by atoms with Crippen molar-refractivity contribution in [1.29, 1.82) is 0 Å². The largest absolute Gasteiger partial charge is 0.492 e. The van der Waals surface area contributed by atoms with Gasteiger partial charge in [-0.15, -0.1) is 0 Å². The van der Waals surface area contributed by atoms with E-state index in [2.05, 4.69) is 4.98 Å². The lowest BCUT2D eigenvalue weighted by molar-refractivity contribution is -0.384. The van der Waals surface area contributed by atoms with E-state index in [4.69, 9.17) is 14.2 Å². The first-order valence-corrected chi connectivity index (χ1v) is 11.3. The fourth-order valence-corrected chi connectivity index (χ4v) is 3.12. The minimum atomic E-state index is -0.867. The van der Waals surface area contributed by atoms with Crippen molar-refractivity contribution in [2.75, 3.05) is 19.8 Å². The number of ketones is 1. The van der Waals surface area contributed by atoms with Crippen LogP contribution < -0.4 is 4.74 Å². The van der Waals surface area contributed by atoms with Crippen LogP contribution in [-0.4, -0.2) is 52.0 Å². The predicted molar refractivity (Wildman–Crippen MR) is 132 cm³/mol. The Kier molecular flexibility index (Phi) is 9.66. The van der Waals surface area contributed by atoms with Gasteiger partial charge in [-0.05, 0) is 42.8 Å². The van der Waals surface area contributed by atoms with Gasteiger partial charge in [0.2, 0.25) is 0 Å². The first-order chi connectivity index (χ1) is 17.8. The van der Waals surface area contributed by atoms with E-state index < -0.39 is 22.6 Å². The summed E-state index contributed by atoms with van der Waals surface area (Å²) in [5.41, 5.74) is 0.252. The Bertz CT molecular complexity index is 1270. The van der Waals surface area contributed by atoms with Gasteiger partial charge in [0.25, 0.3) is 5.69 Å². The standard InChI is InChI=1S/C26H25N3O8/c1-19(30)24(17-20-4-2-5-22(16-20)29(33)34)26(32)37-14-3-13-36-25(31)21-6-8-23(9-7-21)35-15-12-28-11-10-27-18-28/h2,4-11,16-18H,3,12-15H2,1H3. The number of nitro benzene ring substituents is 1. The normalized spacial score (nSPS) is 11.0. The molecule has 11 heteroatoms. The molecule has 0 unspecified atom stereocenters. The van der Waals surface area contributed by atoms with Crippen molar-refractivity contribution in [1.82, 2.24) is 9.55 Å². The smallest absolute Gasteiger partial charge is 0.341 e. The second kappa shape index (κ2) is 13.3. The number of benzene rings is 2. The highest BCUT2D eigenvalue weighted by Gasteiger charge is 2.17. The lowest BCUT2D eigenvalue weighted by atomic mass is 10.1. The third-order valence-corrected chi connectivity index (χ3v) is 5.01. The summed E-state index contributed by atoms with van der Waals surface area (Å²) >= 11 is 0. The minimum Gasteiger partial charge on any atom is -0.492 e. The number of Topliss-reactive ketones (excluding diaryl/α,β-unsaturated/α-hetero) is 1. The summed E-state index contributed by atoms with van der Waals surface area (Å²) in [6.45, 7) is 2.20. The molecule has 0 bridgehead atoms. The van der Waals surface area contributed by atoms with Crippen LogP contribution in [0.1, 0.15) is 29.3 Å². The van der Waals surface area contributed by atoms with Crippen molar-refractivity contribution in [2.45, 2.75) is 19.9 Å². The SMILES string of the molecule is CC(=O)C(=Cc1cccc([N+](=O)[O-])c1)C(=O)OCCCOC(=O)c1ccc(OCCn2ccnc2)cc1. The second-order valence-electron chi connectivity index (χ2n) is 7.77. The van der Waals surface area contributed by atoms with Crippen LogP contribution in [0.25, 0.3) is 6.08 Å². The van der Waals surface area contributed by atoms with Crippen LogP contribution in [0.5, 0.6) is 5.75 Å². The van der Waals surface area contributed by atoms with E-state index in [1.165, 1.54) is 37.3 Å². The number of rotatable bonds is 13. The van der Waals surface area contributed by atoms with Gasteiger partial charge in [0.1, 0.15) is 17.9 Å². The van der Waals surface area contributed by atoms with Gasteiger partial charge in [0, 0.05) is 30.9 Å². The minimum absolute atomic E-state index is 0.000725. The molecule has 0 radical (unpaired) electrons. The molecule has 2 aromatic carbocycles. The highest BCUT2D eigenvalue weighted by molar-refractivity contribution is 6.19. The average molecular weight is 507 g/mol. The van der Waals surface area contributed by atoms with Gasteiger partial charge in [-0.25, -0.2) is 14.6 Å². The summed E-state index contributed by atoms with van der Waals surface area (Å²) < 4.78 is 17.8. The van der Waals surface area contributed by atoms with Gasteiger partial charge in [-0.1, -0.05) is 12.1 Å². The first-order valence-electron chi connectivity index (χ1n) is 11.3. The summed E-state index contributed by atoms with van der Waals surface area (Å²) in [7, 11) is 0. The number of hydrogen-bond donors (Lipinski definition) is 0. The van der Waals surface area contributed by atoms with Crippen LogP contribution in [0.15, 0.2) is 72.8 Å². The first kappa shape index (κ1) is 26.8. The van der Waals surface area contributed by atoms with E-state index in [-0.39, 0.29) is 30.9 Å². The van der Waals surface area contributed by atoms with Crippen molar-refractivity contribution in [3.8, 4) is 5.75 Å². The molecule has 3 aromatic rings. The number of carbonyl (C=O) groups is 3. The lowest BCUT2D eigenvalue weighted by Gasteiger charge is -2.09. The number of imidazole rings is 1. The Labute approximate surface area is 212 Å². The van der Waals surface area contributed by atoms with Crippen LogP contribution >= 0.6 is 0 Å². The lowest BCUT2D eigenvalue weighted by Crippen LogP contribution is -2.16. The Morgan fingerprint density at radius 1 is 1.05 bits per heavy atom. The molecule has 192 valence electrons. The van der Waals surface area contributed by atoms with E-state index in [0.29, 0.717) is 30.0 Å². The molecule has 11 nitrogen and oxygen atoms in total. The van der Waals surface area contributed by atoms with Crippen LogP contribution in [0.2, 0.25) is 0 Å². The molecule has 0 saturated heterocycles. The Morgan fingerprint density at radius 2 is 1.81 bits per heavy atom. The zero-order valence-corrected chi connectivity index (χ0v) is 20.1. The third kappa shape index (κ3) is 8.42. The maximum atomic E-state index is 12.3. The summed E-state index contributed by atoms with van der Waals surface area (Å²) in [5, 5.41) is 10.9. The van der Waals surface area contributed by atoms with E-state index >= 15 is 0 Å². The number of aromatic nitrogens is 2. The molecule has 0 spiro atoms.